The number of nitrogens with zero attached hydrogens (tertiary/aromatic N) is 1. The normalized spacial score (nSPS) is 9.73. The first-order valence-corrected chi connectivity index (χ1v) is 12.5. The van der Waals surface area contributed by atoms with Crippen LogP contribution < -0.4 is 0 Å². The fraction of sp³-hybridized carbons (Fsp3) is 0.923. The molecule has 0 fully saturated rings. The molecular weight excluding hydrogens is 289 g/mol. The van der Waals surface area contributed by atoms with Crippen LogP contribution in [-0.4, -0.2) is 19.8 Å². The van der Waals surface area contributed by atoms with Crippen molar-refractivity contribution < 1.29 is 0 Å². The Morgan fingerprint density at radius 3 is 1.20 bits per heavy atom. The van der Waals surface area contributed by atoms with Crippen LogP contribution in [0.15, 0.2) is 0 Å². The Bertz CT molecular complexity index is 104. The van der Waals surface area contributed by atoms with Gasteiger partial charge in [0.2, 0.25) is 0 Å². The molecule has 0 aromatic heterocycles. The van der Waals surface area contributed by atoms with Gasteiger partial charge in [-0.25, -0.2) is 5.26 Å². The summed E-state index contributed by atoms with van der Waals surface area (Å²) < 4.78 is 5.04. The quantitative estimate of drug-likeness (QED) is 0.548. The summed E-state index contributed by atoms with van der Waals surface area (Å²) in [6, 6.07) is 0. The Morgan fingerprint density at radius 2 is 1.00 bits per heavy atom. The topological polar surface area (TPSA) is 23.8 Å². The molecule has 0 aromatic rings. The van der Waals surface area contributed by atoms with Crippen LogP contribution in [0.1, 0.15) is 59.3 Å². The van der Waals surface area contributed by atoms with Crippen LogP contribution in [0, 0.1) is 11.8 Å². The van der Waals surface area contributed by atoms with E-state index in [4.69, 9.17) is 5.26 Å². The van der Waals surface area contributed by atoms with Gasteiger partial charge in [-0.15, -0.1) is 0 Å². The molecule has 0 aromatic carbocycles. The van der Waals surface area contributed by atoms with E-state index in [0.717, 1.165) is 0 Å². The molecule has 0 aliphatic rings. The van der Waals surface area contributed by atoms with Crippen LogP contribution >= 0.6 is 0 Å². The van der Waals surface area contributed by atoms with Crippen molar-refractivity contribution in [3.8, 4) is 6.57 Å². The van der Waals surface area contributed by atoms with E-state index in [1.54, 1.807) is 13.3 Å². The van der Waals surface area contributed by atoms with Crippen molar-refractivity contribution in [1.29, 1.82) is 5.26 Å². The predicted octanol–water partition coefficient (Wildman–Crippen LogP) is 5.02. The first kappa shape index (κ1) is 17.7. The average Bonchev–Trinajstić information content (AvgIpc) is 2.31. The van der Waals surface area contributed by atoms with Crippen LogP contribution in [0.4, 0.5) is 0 Å². The summed E-state index contributed by atoms with van der Waals surface area (Å²) in [5, 5.41) is 6.50. The Kier molecular flexibility index (Phi) is 19.7. The number of rotatable bonds is 9. The van der Waals surface area contributed by atoms with Gasteiger partial charge in [0.25, 0.3) is 0 Å². The van der Waals surface area contributed by atoms with Crippen molar-refractivity contribution in [3.63, 3.8) is 0 Å². The van der Waals surface area contributed by atoms with Gasteiger partial charge in [-0.05, 0) is 0 Å². The number of hydrogen-bond donors (Lipinski definition) is 0. The molecule has 0 saturated heterocycles. The molecule has 0 rings (SSSR count). The third-order valence-electron chi connectivity index (χ3n) is 2.65. The van der Waals surface area contributed by atoms with Gasteiger partial charge >= 0.3 is 92.4 Å². The van der Waals surface area contributed by atoms with E-state index in [9.17, 15) is 0 Å². The molecule has 15 heavy (non-hydrogen) atoms. The molecule has 0 bridgehead atoms. The van der Waals surface area contributed by atoms with Gasteiger partial charge < -0.3 is 0 Å². The number of nitriles is 1. The molecule has 0 atom stereocenters. The molecule has 2 heteroatoms. The second-order valence-corrected chi connectivity index (χ2v) is 12.6. The SMILES string of the molecule is C#N.CCC[CH2][Sn]([CH2]CCC)[CH2]CCC. The van der Waals surface area contributed by atoms with Crippen molar-refractivity contribution in [2.45, 2.75) is 72.6 Å². The minimum atomic E-state index is -0.839. The standard InChI is InChI=1S/3C4H9.CHN.Sn/c3*1-3-4-2;1-2;/h3*1,3-4H2,2H3;1H;. The summed E-state index contributed by atoms with van der Waals surface area (Å²) in [6.07, 6.45) is 8.85. The molecule has 0 saturated carbocycles. The van der Waals surface area contributed by atoms with E-state index in [0.29, 0.717) is 0 Å². The Balaban J connectivity index is 0. The summed E-state index contributed by atoms with van der Waals surface area (Å²) in [7, 11) is 0. The van der Waals surface area contributed by atoms with Gasteiger partial charge in [0, 0.05) is 6.57 Å². The van der Waals surface area contributed by atoms with Gasteiger partial charge in [-0.3, -0.25) is 0 Å². The fourth-order valence-corrected chi connectivity index (χ4v) is 11.1. The number of hydrogen-bond acceptors (Lipinski definition) is 1. The van der Waals surface area contributed by atoms with Crippen molar-refractivity contribution in [1.82, 2.24) is 0 Å². The van der Waals surface area contributed by atoms with Crippen LogP contribution in [-0.2, 0) is 0 Å². The molecule has 1 radical (unpaired) electrons. The summed E-state index contributed by atoms with van der Waals surface area (Å²) in [6.45, 7) is 10.5. The second-order valence-electron chi connectivity index (χ2n) is 4.06. The summed E-state index contributed by atoms with van der Waals surface area (Å²) in [4.78, 5) is 0. The van der Waals surface area contributed by atoms with Crippen LogP contribution in [0.2, 0.25) is 13.3 Å². The molecule has 89 valence electrons. The zero-order valence-corrected chi connectivity index (χ0v) is 13.7. The first-order chi connectivity index (χ1) is 7.35. The van der Waals surface area contributed by atoms with Gasteiger partial charge in [0.15, 0.2) is 0 Å². The van der Waals surface area contributed by atoms with Crippen molar-refractivity contribution in [2.24, 2.45) is 0 Å². The molecule has 1 nitrogen and oxygen atoms in total. The third kappa shape index (κ3) is 14.3. The van der Waals surface area contributed by atoms with Crippen LogP contribution in [0.25, 0.3) is 0 Å². The van der Waals surface area contributed by atoms with E-state index in [1.807, 2.05) is 0 Å². The summed E-state index contributed by atoms with van der Waals surface area (Å²) in [5.74, 6) is 0. The van der Waals surface area contributed by atoms with E-state index in [2.05, 4.69) is 27.3 Å². The van der Waals surface area contributed by atoms with Crippen LogP contribution in [0.5, 0.6) is 0 Å². The van der Waals surface area contributed by atoms with Gasteiger partial charge in [-0.1, -0.05) is 0 Å². The molecule has 0 heterocycles. The van der Waals surface area contributed by atoms with Crippen molar-refractivity contribution in [2.75, 3.05) is 0 Å². The van der Waals surface area contributed by atoms with Crippen LogP contribution in [0.3, 0.4) is 0 Å². The molecule has 0 aliphatic carbocycles. The zero-order chi connectivity index (χ0) is 11.9. The predicted molar refractivity (Wildman–Crippen MR) is 71.6 cm³/mol. The molecule has 0 unspecified atom stereocenters. The molecular formula is C13H28NSn. The maximum atomic E-state index is 6.50. The molecule has 0 spiro atoms. The molecule has 0 N–H and O–H groups in total. The van der Waals surface area contributed by atoms with Crippen molar-refractivity contribution in [3.05, 3.63) is 0 Å². The number of unbranched alkanes of at least 4 members (excludes halogenated alkanes) is 3. The van der Waals surface area contributed by atoms with Gasteiger partial charge in [0.1, 0.15) is 0 Å². The monoisotopic (exact) mass is 318 g/mol. The Hall–Kier alpha value is 0.289. The van der Waals surface area contributed by atoms with Gasteiger partial charge in [-0.2, -0.15) is 0 Å². The average molecular weight is 317 g/mol. The minimum absolute atomic E-state index is 0.839. The summed E-state index contributed by atoms with van der Waals surface area (Å²) in [5.41, 5.74) is 0. The van der Waals surface area contributed by atoms with E-state index >= 15 is 0 Å². The molecule has 0 amide bonds. The first-order valence-electron chi connectivity index (χ1n) is 6.44. The summed E-state index contributed by atoms with van der Waals surface area (Å²) >= 11 is -0.839. The third-order valence-corrected chi connectivity index (χ3v) is 11.7. The Morgan fingerprint density at radius 1 is 0.733 bits per heavy atom. The van der Waals surface area contributed by atoms with E-state index < -0.39 is 19.8 Å². The molecule has 0 aliphatic heterocycles. The van der Waals surface area contributed by atoms with E-state index in [-0.39, 0.29) is 0 Å². The van der Waals surface area contributed by atoms with E-state index in [1.165, 1.54) is 38.5 Å². The van der Waals surface area contributed by atoms with Gasteiger partial charge in [0.05, 0.1) is 0 Å². The fourth-order valence-electron chi connectivity index (χ4n) is 1.66. The second kappa shape index (κ2) is 16.7. The maximum absolute atomic E-state index is 6.50. The zero-order valence-electron chi connectivity index (χ0n) is 10.9. The Labute approximate surface area is 104 Å². The van der Waals surface area contributed by atoms with Crippen molar-refractivity contribution >= 4 is 19.8 Å².